The molecule has 0 spiro atoms. The lowest BCUT2D eigenvalue weighted by Gasteiger charge is -2.02. The van der Waals surface area contributed by atoms with Crippen LogP contribution in [0.2, 0.25) is 0 Å². The van der Waals surface area contributed by atoms with E-state index in [0.29, 0.717) is 16.5 Å². The molecular formula is C19H17N5O4S. The maximum absolute atomic E-state index is 12.9. The van der Waals surface area contributed by atoms with Crippen molar-refractivity contribution in [1.29, 1.82) is 0 Å². The van der Waals surface area contributed by atoms with Crippen LogP contribution in [0.5, 0.6) is 0 Å². The summed E-state index contributed by atoms with van der Waals surface area (Å²) in [6, 6.07) is 11.0. The molecule has 1 aromatic carbocycles. The van der Waals surface area contributed by atoms with Crippen molar-refractivity contribution in [1.82, 2.24) is 20.0 Å². The van der Waals surface area contributed by atoms with Crippen molar-refractivity contribution in [2.24, 2.45) is 0 Å². The number of anilines is 1. The number of esters is 1. The van der Waals surface area contributed by atoms with Gasteiger partial charge in [0.15, 0.2) is 11.5 Å². The summed E-state index contributed by atoms with van der Waals surface area (Å²) in [6.45, 7) is 1.87. The molecule has 0 aliphatic rings. The number of aromatic nitrogens is 4. The molecule has 3 aromatic heterocycles. The molecule has 0 saturated carbocycles. The highest BCUT2D eigenvalue weighted by molar-refractivity contribution is 7.98. The number of carbonyl (C=O) groups excluding carboxylic acids is 2. The van der Waals surface area contributed by atoms with Crippen LogP contribution in [0.4, 0.5) is 5.82 Å². The highest BCUT2D eigenvalue weighted by Gasteiger charge is 2.27. The number of nitrogens with two attached hydrogens (primary N) is 1. The fourth-order valence-corrected chi connectivity index (χ4v) is 3.44. The standard InChI is InChI=1S/C19H17N5O4S/c1-3-27-19(26)15-16(20)24(23-17(15)29-2)18(25)12-9-11(21-22-12)14-8-10-6-4-5-7-13(10)28-14/h4-9H,3,20H2,1-2H3,(H,21,22). The Balaban J connectivity index is 1.68. The van der Waals surface area contributed by atoms with Gasteiger partial charge < -0.3 is 14.9 Å². The molecule has 0 aliphatic heterocycles. The first-order chi connectivity index (χ1) is 14.0. The number of para-hydroxylation sites is 1. The van der Waals surface area contributed by atoms with Gasteiger partial charge in [-0.15, -0.1) is 11.8 Å². The molecule has 0 fully saturated rings. The molecule has 0 amide bonds. The molecule has 3 heterocycles. The van der Waals surface area contributed by atoms with Gasteiger partial charge in [-0.25, -0.2) is 4.79 Å². The Labute approximate surface area is 169 Å². The molecule has 0 radical (unpaired) electrons. The predicted molar refractivity (Wildman–Crippen MR) is 108 cm³/mol. The molecule has 9 nitrogen and oxygen atoms in total. The maximum Gasteiger partial charge on any atom is 0.344 e. The van der Waals surface area contributed by atoms with Crippen LogP contribution >= 0.6 is 11.8 Å². The molecule has 0 unspecified atom stereocenters. The van der Waals surface area contributed by atoms with Gasteiger partial charge >= 0.3 is 11.9 Å². The van der Waals surface area contributed by atoms with Crippen LogP contribution in [0.1, 0.15) is 27.8 Å². The topological polar surface area (TPSA) is 129 Å². The summed E-state index contributed by atoms with van der Waals surface area (Å²) in [6.07, 6.45) is 1.73. The van der Waals surface area contributed by atoms with E-state index in [1.165, 1.54) is 11.8 Å². The second-order valence-electron chi connectivity index (χ2n) is 6.02. The van der Waals surface area contributed by atoms with Crippen molar-refractivity contribution < 1.29 is 18.7 Å². The van der Waals surface area contributed by atoms with E-state index in [9.17, 15) is 9.59 Å². The lowest BCUT2D eigenvalue weighted by Crippen LogP contribution is -2.17. The van der Waals surface area contributed by atoms with Crippen molar-refractivity contribution in [3.8, 4) is 11.5 Å². The van der Waals surface area contributed by atoms with Crippen LogP contribution < -0.4 is 5.73 Å². The highest BCUT2D eigenvalue weighted by Crippen LogP contribution is 2.28. The number of ether oxygens (including phenoxy) is 1. The average Bonchev–Trinajstić information content (AvgIpc) is 3.43. The monoisotopic (exact) mass is 411 g/mol. The molecule has 148 valence electrons. The Morgan fingerprint density at radius 3 is 2.83 bits per heavy atom. The number of nitrogens with zero attached hydrogens (tertiary/aromatic N) is 3. The Kier molecular flexibility index (Phi) is 4.85. The number of rotatable bonds is 5. The normalized spacial score (nSPS) is 11.1. The number of nitrogens with one attached hydrogen (secondary N) is 1. The number of H-pyrrole nitrogens is 1. The van der Waals surface area contributed by atoms with E-state index >= 15 is 0 Å². The van der Waals surface area contributed by atoms with Gasteiger partial charge in [-0.3, -0.25) is 9.89 Å². The number of nitrogen functional groups attached to an aromatic ring is 1. The number of fused-ring (bicyclic) bond motifs is 1. The van der Waals surface area contributed by atoms with Gasteiger partial charge in [0.05, 0.1) is 6.61 Å². The van der Waals surface area contributed by atoms with E-state index in [-0.39, 0.29) is 23.7 Å². The first-order valence-corrected chi connectivity index (χ1v) is 9.94. The van der Waals surface area contributed by atoms with E-state index in [0.717, 1.165) is 15.7 Å². The second kappa shape index (κ2) is 7.47. The Bertz CT molecular complexity index is 1190. The molecule has 10 heteroatoms. The van der Waals surface area contributed by atoms with Crippen molar-refractivity contribution in [2.45, 2.75) is 11.9 Å². The van der Waals surface area contributed by atoms with Gasteiger partial charge in [0.25, 0.3) is 0 Å². The van der Waals surface area contributed by atoms with Gasteiger partial charge in [0.2, 0.25) is 0 Å². The Hall–Kier alpha value is -3.53. The zero-order valence-electron chi connectivity index (χ0n) is 15.6. The molecule has 0 atom stereocenters. The average molecular weight is 411 g/mol. The summed E-state index contributed by atoms with van der Waals surface area (Å²) in [5.74, 6) is -0.750. The number of furan rings is 1. The minimum Gasteiger partial charge on any atom is -0.462 e. The third kappa shape index (κ3) is 3.27. The molecule has 0 bridgehead atoms. The van der Waals surface area contributed by atoms with Crippen molar-refractivity contribution in [2.75, 3.05) is 18.6 Å². The number of thioether (sulfide) groups is 1. The Morgan fingerprint density at radius 1 is 1.31 bits per heavy atom. The zero-order valence-corrected chi connectivity index (χ0v) is 16.4. The van der Waals surface area contributed by atoms with Crippen LogP contribution in [-0.2, 0) is 4.74 Å². The van der Waals surface area contributed by atoms with E-state index in [4.69, 9.17) is 14.9 Å². The molecular weight excluding hydrogens is 394 g/mol. The molecule has 29 heavy (non-hydrogen) atoms. The van der Waals surface area contributed by atoms with Crippen molar-refractivity contribution >= 4 is 40.4 Å². The molecule has 0 aliphatic carbocycles. The van der Waals surface area contributed by atoms with Gasteiger partial charge in [-0.2, -0.15) is 14.9 Å². The van der Waals surface area contributed by atoms with Crippen LogP contribution in [-0.4, -0.2) is 44.7 Å². The van der Waals surface area contributed by atoms with Crippen LogP contribution in [0.15, 0.2) is 45.8 Å². The smallest absolute Gasteiger partial charge is 0.344 e. The second-order valence-corrected chi connectivity index (χ2v) is 6.82. The molecule has 4 aromatic rings. The Morgan fingerprint density at radius 2 is 2.10 bits per heavy atom. The minimum absolute atomic E-state index is 0.0701. The summed E-state index contributed by atoms with van der Waals surface area (Å²) in [4.78, 5) is 25.1. The number of aromatic amines is 1. The predicted octanol–water partition coefficient (Wildman–Crippen LogP) is 3.19. The number of hydrogen-bond acceptors (Lipinski definition) is 8. The number of benzene rings is 1. The quantitative estimate of drug-likeness (QED) is 0.378. The van der Waals surface area contributed by atoms with Gasteiger partial charge in [0.1, 0.15) is 27.7 Å². The van der Waals surface area contributed by atoms with Gasteiger partial charge in [0, 0.05) is 11.5 Å². The largest absolute Gasteiger partial charge is 0.462 e. The highest BCUT2D eigenvalue weighted by atomic mass is 32.2. The van der Waals surface area contributed by atoms with E-state index < -0.39 is 11.9 Å². The van der Waals surface area contributed by atoms with Crippen LogP contribution in [0.25, 0.3) is 22.4 Å². The summed E-state index contributed by atoms with van der Waals surface area (Å²) in [5, 5.41) is 12.2. The van der Waals surface area contributed by atoms with Gasteiger partial charge in [-0.05, 0) is 25.3 Å². The first-order valence-electron chi connectivity index (χ1n) is 8.72. The zero-order chi connectivity index (χ0) is 20.5. The molecule has 3 N–H and O–H groups in total. The number of hydrogen-bond donors (Lipinski definition) is 2. The van der Waals surface area contributed by atoms with Crippen molar-refractivity contribution in [3.63, 3.8) is 0 Å². The molecule has 4 rings (SSSR count). The summed E-state index contributed by atoms with van der Waals surface area (Å²) >= 11 is 1.19. The SMILES string of the molecule is CCOC(=O)c1c(SC)nn(C(=O)c2cc(-c3cc4ccccc4o3)[nH]n2)c1N. The number of carbonyl (C=O) groups is 2. The summed E-state index contributed by atoms with van der Waals surface area (Å²) in [5.41, 5.74) is 7.44. The minimum atomic E-state index is -0.626. The lowest BCUT2D eigenvalue weighted by atomic mass is 10.2. The van der Waals surface area contributed by atoms with Crippen LogP contribution in [0.3, 0.4) is 0 Å². The maximum atomic E-state index is 12.9. The lowest BCUT2D eigenvalue weighted by molar-refractivity contribution is 0.0523. The van der Waals surface area contributed by atoms with E-state index in [2.05, 4.69) is 15.3 Å². The van der Waals surface area contributed by atoms with Gasteiger partial charge in [-0.1, -0.05) is 18.2 Å². The van der Waals surface area contributed by atoms with E-state index in [1.54, 1.807) is 19.2 Å². The fraction of sp³-hybridized carbons (Fsp3) is 0.158. The third-order valence-corrected chi connectivity index (χ3v) is 4.91. The first kappa shape index (κ1) is 18.8. The van der Waals surface area contributed by atoms with E-state index in [1.807, 2.05) is 30.3 Å². The van der Waals surface area contributed by atoms with Crippen LogP contribution in [0, 0.1) is 0 Å². The molecule has 0 saturated heterocycles. The summed E-state index contributed by atoms with van der Waals surface area (Å²) < 4.78 is 11.7. The van der Waals surface area contributed by atoms with Crippen molar-refractivity contribution in [3.05, 3.63) is 47.7 Å². The third-order valence-electron chi connectivity index (χ3n) is 4.24. The summed E-state index contributed by atoms with van der Waals surface area (Å²) in [7, 11) is 0. The fourth-order valence-electron chi connectivity index (χ4n) is 2.88.